The molecule has 2 aromatic rings. The average Bonchev–Trinajstić information content (AvgIpc) is 2.36. The highest BCUT2D eigenvalue weighted by atomic mass is 35.5. The van der Waals surface area contributed by atoms with Gasteiger partial charge >= 0.3 is 0 Å². The van der Waals surface area contributed by atoms with Gasteiger partial charge in [-0.1, -0.05) is 23.2 Å². The van der Waals surface area contributed by atoms with Crippen molar-refractivity contribution in [3.05, 3.63) is 28.0 Å². The molecule has 0 aliphatic rings. The number of anilines is 1. The fourth-order valence-electron chi connectivity index (χ4n) is 1.43. The zero-order valence-corrected chi connectivity index (χ0v) is 12.0. The minimum absolute atomic E-state index is 0.126. The highest BCUT2D eigenvalue weighted by Crippen LogP contribution is 2.27. The molecule has 0 aliphatic heterocycles. The third-order valence-electron chi connectivity index (χ3n) is 2.23. The van der Waals surface area contributed by atoms with Crippen molar-refractivity contribution in [3.8, 4) is 17.5 Å². The van der Waals surface area contributed by atoms with Crippen molar-refractivity contribution in [1.29, 1.82) is 5.26 Å². The van der Waals surface area contributed by atoms with Gasteiger partial charge < -0.3 is 5.73 Å². The first-order valence-corrected chi connectivity index (χ1v) is 6.98. The maximum Gasteiger partial charge on any atom is 0.163 e. The van der Waals surface area contributed by atoms with E-state index in [1.165, 1.54) is 11.8 Å². The summed E-state index contributed by atoms with van der Waals surface area (Å²) < 4.78 is 0. The summed E-state index contributed by atoms with van der Waals surface area (Å²) >= 11 is 13.0. The summed E-state index contributed by atoms with van der Waals surface area (Å²) in [5.41, 5.74) is 6.61. The van der Waals surface area contributed by atoms with Gasteiger partial charge in [0.2, 0.25) is 0 Å². The molecule has 0 aromatic carbocycles. The SMILES string of the molecule is CSc1nc(-c2cc(Cl)nc(Cl)c2)nc(N)c1C#N. The van der Waals surface area contributed by atoms with Crippen LogP contribution in [0, 0.1) is 11.3 Å². The lowest BCUT2D eigenvalue weighted by molar-refractivity contribution is 1.05. The number of halogens is 2. The van der Waals surface area contributed by atoms with Crippen LogP contribution < -0.4 is 5.73 Å². The molecule has 2 aromatic heterocycles. The first kappa shape index (κ1) is 13.9. The second kappa shape index (κ2) is 5.61. The predicted molar refractivity (Wildman–Crippen MR) is 76.2 cm³/mol. The Morgan fingerprint density at radius 1 is 1.21 bits per heavy atom. The lowest BCUT2D eigenvalue weighted by Crippen LogP contribution is -2.02. The number of nitrogen functional groups attached to an aromatic ring is 1. The van der Waals surface area contributed by atoms with Gasteiger partial charge in [0.1, 0.15) is 32.8 Å². The normalized spacial score (nSPS) is 10.2. The first-order chi connectivity index (χ1) is 9.05. The second-order valence-corrected chi connectivity index (χ2v) is 5.00. The molecule has 19 heavy (non-hydrogen) atoms. The summed E-state index contributed by atoms with van der Waals surface area (Å²) in [6, 6.07) is 5.14. The molecule has 2 heterocycles. The quantitative estimate of drug-likeness (QED) is 0.521. The summed E-state index contributed by atoms with van der Waals surface area (Å²) in [4.78, 5) is 12.2. The summed E-state index contributed by atoms with van der Waals surface area (Å²) in [5.74, 6) is 0.480. The van der Waals surface area contributed by atoms with Gasteiger partial charge in [-0.3, -0.25) is 0 Å². The van der Waals surface area contributed by atoms with E-state index in [2.05, 4.69) is 15.0 Å². The maximum absolute atomic E-state index is 9.00. The number of nitrogens with zero attached hydrogens (tertiary/aromatic N) is 4. The highest BCUT2D eigenvalue weighted by molar-refractivity contribution is 7.98. The Balaban J connectivity index is 2.64. The summed E-state index contributed by atoms with van der Waals surface area (Å²) in [6.45, 7) is 0. The predicted octanol–water partition coefficient (Wildman–Crippen LogP) is 3.02. The Kier molecular flexibility index (Phi) is 4.10. The van der Waals surface area contributed by atoms with Crippen LogP contribution in [0.4, 0.5) is 5.82 Å². The molecule has 2 rings (SSSR count). The van der Waals surface area contributed by atoms with E-state index in [1.807, 2.05) is 6.07 Å². The Labute approximate surface area is 123 Å². The van der Waals surface area contributed by atoms with Gasteiger partial charge in [-0.2, -0.15) is 5.26 Å². The molecule has 2 N–H and O–H groups in total. The van der Waals surface area contributed by atoms with Crippen LogP contribution in [-0.4, -0.2) is 21.2 Å². The molecular formula is C11H7Cl2N5S. The van der Waals surface area contributed by atoms with E-state index < -0.39 is 0 Å². The zero-order valence-electron chi connectivity index (χ0n) is 9.69. The number of hydrogen-bond acceptors (Lipinski definition) is 6. The summed E-state index contributed by atoms with van der Waals surface area (Å²) in [5, 5.41) is 9.98. The molecular weight excluding hydrogens is 305 g/mol. The van der Waals surface area contributed by atoms with Gasteiger partial charge in [0.25, 0.3) is 0 Å². The number of pyridine rings is 1. The maximum atomic E-state index is 9.00. The van der Waals surface area contributed by atoms with Gasteiger partial charge in [0, 0.05) is 5.56 Å². The van der Waals surface area contributed by atoms with Crippen LogP contribution >= 0.6 is 35.0 Å². The molecule has 0 radical (unpaired) electrons. The molecule has 8 heteroatoms. The van der Waals surface area contributed by atoms with Crippen molar-refractivity contribution in [2.24, 2.45) is 0 Å². The molecule has 0 bridgehead atoms. The monoisotopic (exact) mass is 311 g/mol. The Bertz CT molecular complexity index is 663. The fourth-order valence-corrected chi connectivity index (χ4v) is 2.43. The topological polar surface area (TPSA) is 88.5 Å². The van der Waals surface area contributed by atoms with E-state index in [0.717, 1.165) is 0 Å². The molecule has 0 aliphatic carbocycles. The van der Waals surface area contributed by atoms with Gasteiger partial charge in [0.05, 0.1) is 0 Å². The largest absolute Gasteiger partial charge is 0.382 e. The van der Waals surface area contributed by atoms with Crippen LogP contribution in [0.3, 0.4) is 0 Å². The standard InChI is InChI=1S/C11H7Cl2N5S/c1-19-11-6(4-14)9(15)17-10(18-11)5-2-7(12)16-8(13)3-5/h2-3H,1H3,(H2,15,17,18). The van der Waals surface area contributed by atoms with Crippen LogP contribution in [0.1, 0.15) is 5.56 Å². The van der Waals surface area contributed by atoms with Crippen LogP contribution in [0.15, 0.2) is 17.2 Å². The number of rotatable bonds is 2. The number of nitriles is 1. The minimum Gasteiger partial charge on any atom is -0.382 e. The van der Waals surface area contributed by atoms with E-state index in [9.17, 15) is 0 Å². The minimum atomic E-state index is 0.126. The lowest BCUT2D eigenvalue weighted by atomic mass is 10.2. The molecule has 96 valence electrons. The molecule has 0 spiro atoms. The van der Waals surface area contributed by atoms with Crippen molar-refractivity contribution >= 4 is 40.8 Å². The summed E-state index contributed by atoms with van der Waals surface area (Å²) in [6.07, 6.45) is 1.80. The highest BCUT2D eigenvalue weighted by Gasteiger charge is 2.13. The zero-order chi connectivity index (χ0) is 14.0. The molecule has 0 fully saturated rings. The van der Waals surface area contributed by atoms with Crippen molar-refractivity contribution in [1.82, 2.24) is 15.0 Å². The number of thioether (sulfide) groups is 1. The summed E-state index contributed by atoms with van der Waals surface area (Å²) in [7, 11) is 0. The van der Waals surface area contributed by atoms with Gasteiger partial charge in [-0.25, -0.2) is 15.0 Å². The Morgan fingerprint density at radius 2 is 1.84 bits per heavy atom. The van der Waals surface area contributed by atoms with Crippen LogP contribution in [0.5, 0.6) is 0 Å². The average molecular weight is 312 g/mol. The van der Waals surface area contributed by atoms with E-state index in [-0.39, 0.29) is 21.7 Å². The molecule has 5 nitrogen and oxygen atoms in total. The number of hydrogen-bond donors (Lipinski definition) is 1. The Hall–Kier alpha value is -1.55. The number of nitrogens with two attached hydrogens (primary N) is 1. The fraction of sp³-hybridized carbons (Fsp3) is 0.0909. The van der Waals surface area contributed by atoms with Crippen molar-refractivity contribution in [2.75, 3.05) is 12.0 Å². The third kappa shape index (κ3) is 2.89. The second-order valence-electron chi connectivity index (χ2n) is 3.43. The molecule has 0 amide bonds. The molecule has 0 atom stereocenters. The Morgan fingerprint density at radius 3 is 2.37 bits per heavy atom. The molecule has 0 saturated carbocycles. The van der Waals surface area contributed by atoms with E-state index in [4.69, 9.17) is 34.2 Å². The van der Waals surface area contributed by atoms with Gasteiger partial charge in [-0.05, 0) is 18.4 Å². The van der Waals surface area contributed by atoms with Crippen molar-refractivity contribution in [3.63, 3.8) is 0 Å². The van der Waals surface area contributed by atoms with Crippen LogP contribution in [-0.2, 0) is 0 Å². The van der Waals surface area contributed by atoms with Crippen LogP contribution in [0.25, 0.3) is 11.4 Å². The molecule has 0 unspecified atom stereocenters. The first-order valence-electron chi connectivity index (χ1n) is 5.00. The van der Waals surface area contributed by atoms with Gasteiger partial charge in [0.15, 0.2) is 5.82 Å². The van der Waals surface area contributed by atoms with Gasteiger partial charge in [-0.15, -0.1) is 11.8 Å². The van der Waals surface area contributed by atoms with Crippen molar-refractivity contribution in [2.45, 2.75) is 5.03 Å². The molecule has 0 saturated heterocycles. The van der Waals surface area contributed by atoms with Crippen molar-refractivity contribution < 1.29 is 0 Å². The number of aromatic nitrogens is 3. The van der Waals surface area contributed by atoms with E-state index >= 15 is 0 Å². The van der Waals surface area contributed by atoms with Crippen LogP contribution in [0.2, 0.25) is 10.3 Å². The van der Waals surface area contributed by atoms with E-state index in [0.29, 0.717) is 16.4 Å². The van der Waals surface area contributed by atoms with E-state index in [1.54, 1.807) is 18.4 Å². The smallest absolute Gasteiger partial charge is 0.163 e. The third-order valence-corrected chi connectivity index (χ3v) is 3.30. The lowest BCUT2D eigenvalue weighted by Gasteiger charge is -2.07.